The van der Waals surface area contributed by atoms with Crippen LogP contribution in [0.1, 0.15) is 30.0 Å². The van der Waals surface area contributed by atoms with Gasteiger partial charge in [0.15, 0.2) is 0 Å². The van der Waals surface area contributed by atoms with Gasteiger partial charge >= 0.3 is 5.97 Å². The molecule has 5 heteroatoms. The molecule has 0 radical (unpaired) electrons. The average Bonchev–Trinajstić information content (AvgIpc) is 2.86. The number of carbonyl (C=O) groups is 1. The zero-order valence-corrected chi connectivity index (χ0v) is 11.4. The first-order valence-electron chi connectivity index (χ1n) is 6.30. The summed E-state index contributed by atoms with van der Waals surface area (Å²) in [5.41, 5.74) is 0.835. The Morgan fingerprint density at radius 3 is 2.78 bits per heavy atom. The molecule has 1 heterocycles. The van der Waals surface area contributed by atoms with E-state index in [0.29, 0.717) is 6.54 Å². The van der Waals surface area contributed by atoms with Crippen molar-refractivity contribution >= 4 is 5.97 Å². The van der Waals surface area contributed by atoms with Gasteiger partial charge in [0.05, 0.1) is 13.4 Å². The molecule has 0 fully saturated rings. The van der Waals surface area contributed by atoms with Crippen molar-refractivity contribution in [2.75, 3.05) is 33.3 Å². The maximum Gasteiger partial charge on any atom is 0.374 e. The van der Waals surface area contributed by atoms with E-state index < -0.39 is 5.97 Å². The van der Waals surface area contributed by atoms with E-state index in [2.05, 4.69) is 28.8 Å². The number of esters is 1. The first kappa shape index (κ1) is 14.7. The van der Waals surface area contributed by atoms with E-state index in [-0.39, 0.29) is 5.76 Å². The highest BCUT2D eigenvalue weighted by molar-refractivity contribution is 5.87. The first-order valence-corrected chi connectivity index (χ1v) is 6.30. The van der Waals surface area contributed by atoms with Gasteiger partial charge in [0, 0.05) is 25.2 Å². The first-order chi connectivity index (χ1) is 8.72. The van der Waals surface area contributed by atoms with Crippen molar-refractivity contribution in [2.45, 2.75) is 20.4 Å². The molecule has 0 aromatic carbocycles. The number of rotatable bonds is 8. The monoisotopic (exact) mass is 254 g/mol. The lowest BCUT2D eigenvalue weighted by atomic mass is 10.2. The molecule has 0 aliphatic carbocycles. The maximum absolute atomic E-state index is 11.4. The van der Waals surface area contributed by atoms with Crippen LogP contribution in [0, 0.1) is 0 Å². The molecule has 0 aliphatic rings. The molecule has 0 aliphatic heterocycles. The topological polar surface area (TPSA) is 54.7 Å². The van der Waals surface area contributed by atoms with Crippen LogP contribution in [0.4, 0.5) is 0 Å². The van der Waals surface area contributed by atoms with Crippen LogP contribution in [0.15, 0.2) is 16.7 Å². The zero-order valence-electron chi connectivity index (χ0n) is 11.4. The summed E-state index contributed by atoms with van der Waals surface area (Å²) in [6.45, 7) is 8.90. The van der Waals surface area contributed by atoms with Crippen molar-refractivity contribution in [1.29, 1.82) is 0 Å². The number of furan rings is 1. The Hall–Kier alpha value is -1.33. The maximum atomic E-state index is 11.4. The van der Waals surface area contributed by atoms with Crippen LogP contribution in [0.25, 0.3) is 0 Å². The van der Waals surface area contributed by atoms with Gasteiger partial charge in [0.25, 0.3) is 0 Å². The smallest absolute Gasteiger partial charge is 0.374 e. The van der Waals surface area contributed by atoms with Gasteiger partial charge in [-0.3, -0.25) is 0 Å². The lowest BCUT2D eigenvalue weighted by Gasteiger charge is -2.17. The lowest BCUT2D eigenvalue weighted by Crippen LogP contribution is -2.31. The van der Waals surface area contributed by atoms with Crippen LogP contribution >= 0.6 is 0 Å². The molecule has 0 atom stereocenters. The summed E-state index contributed by atoms with van der Waals surface area (Å²) in [6.07, 6.45) is 1.51. The standard InChI is InChI=1S/C13H22N2O3/c1-4-15(5-2)8-7-14-10-11-6-9-18-12(11)13(16)17-3/h6,9,14H,4-5,7-8,10H2,1-3H3. The van der Waals surface area contributed by atoms with E-state index in [4.69, 9.17) is 4.42 Å². The third-order valence-electron chi connectivity index (χ3n) is 2.93. The fourth-order valence-corrected chi connectivity index (χ4v) is 1.75. The highest BCUT2D eigenvalue weighted by atomic mass is 16.5. The van der Waals surface area contributed by atoms with Crippen LogP contribution in [0.5, 0.6) is 0 Å². The largest absolute Gasteiger partial charge is 0.463 e. The van der Waals surface area contributed by atoms with Crippen molar-refractivity contribution in [3.8, 4) is 0 Å². The van der Waals surface area contributed by atoms with E-state index in [1.807, 2.05) is 0 Å². The van der Waals surface area contributed by atoms with E-state index in [1.165, 1.54) is 13.4 Å². The minimum Gasteiger partial charge on any atom is -0.463 e. The van der Waals surface area contributed by atoms with Crippen LogP contribution in [-0.4, -0.2) is 44.2 Å². The Kier molecular flexibility index (Phi) is 6.46. The van der Waals surface area contributed by atoms with Crippen molar-refractivity contribution in [3.63, 3.8) is 0 Å². The van der Waals surface area contributed by atoms with Crippen LogP contribution in [0.3, 0.4) is 0 Å². The Morgan fingerprint density at radius 1 is 1.44 bits per heavy atom. The number of ether oxygens (including phenoxy) is 1. The molecule has 0 bridgehead atoms. The minimum atomic E-state index is -0.430. The number of nitrogens with zero attached hydrogens (tertiary/aromatic N) is 1. The summed E-state index contributed by atoms with van der Waals surface area (Å²) >= 11 is 0. The fourth-order valence-electron chi connectivity index (χ4n) is 1.75. The summed E-state index contributed by atoms with van der Waals surface area (Å²) < 4.78 is 9.76. The molecule has 102 valence electrons. The SMILES string of the molecule is CCN(CC)CCNCc1ccoc1C(=O)OC. The summed E-state index contributed by atoms with van der Waals surface area (Å²) in [5.74, 6) is -0.145. The zero-order chi connectivity index (χ0) is 13.4. The third-order valence-corrected chi connectivity index (χ3v) is 2.93. The number of hydrogen-bond acceptors (Lipinski definition) is 5. The summed E-state index contributed by atoms with van der Waals surface area (Å²) in [5, 5.41) is 3.30. The van der Waals surface area contributed by atoms with E-state index >= 15 is 0 Å². The molecular formula is C13H22N2O3. The van der Waals surface area contributed by atoms with Crippen molar-refractivity contribution in [2.24, 2.45) is 0 Å². The molecular weight excluding hydrogens is 232 g/mol. The normalized spacial score (nSPS) is 10.9. The molecule has 0 spiro atoms. The molecule has 0 unspecified atom stereocenters. The van der Waals surface area contributed by atoms with E-state index in [9.17, 15) is 4.79 Å². The molecule has 0 saturated heterocycles. The highest BCUT2D eigenvalue weighted by Gasteiger charge is 2.14. The molecule has 5 nitrogen and oxygen atoms in total. The Bertz CT molecular complexity index is 359. The predicted octanol–water partition coefficient (Wildman–Crippen LogP) is 1.50. The number of likely N-dealkylation sites (N-methyl/N-ethyl adjacent to an activating group) is 1. The second-order valence-corrected chi connectivity index (χ2v) is 3.97. The van der Waals surface area contributed by atoms with Gasteiger partial charge in [-0.1, -0.05) is 13.8 Å². The quantitative estimate of drug-likeness (QED) is 0.563. The molecule has 0 amide bonds. The highest BCUT2D eigenvalue weighted by Crippen LogP contribution is 2.11. The van der Waals surface area contributed by atoms with E-state index in [0.717, 1.165) is 31.7 Å². The summed E-state index contributed by atoms with van der Waals surface area (Å²) in [4.78, 5) is 13.7. The van der Waals surface area contributed by atoms with Gasteiger partial charge in [0.2, 0.25) is 5.76 Å². The molecule has 1 aromatic heterocycles. The molecule has 18 heavy (non-hydrogen) atoms. The fraction of sp³-hybridized carbons (Fsp3) is 0.615. The minimum absolute atomic E-state index is 0.285. The Labute approximate surface area is 108 Å². The molecule has 1 rings (SSSR count). The van der Waals surface area contributed by atoms with Crippen LogP contribution < -0.4 is 5.32 Å². The number of hydrogen-bond donors (Lipinski definition) is 1. The van der Waals surface area contributed by atoms with Crippen molar-refractivity contribution < 1.29 is 13.9 Å². The van der Waals surface area contributed by atoms with Gasteiger partial charge < -0.3 is 19.4 Å². The van der Waals surface area contributed by atoms with Gasteiger partial charge in [-0.2, -0.15) is 0 Å². The Balaban J connectivity index is 2.35. The Morgan fingerprint density at radius 2 is 2.17 bits per heavy atom. The third kappa shape index (κ3) is 4.16. The van der Waals surface area contributed by atoms with E-state index in [1.54, 1.807) is 6.07 Å². The van der Waals surface area contributed by atoms with Gasteiger partial charge in [-0.15, -0.1) is 0 Å². The summed E-state index contributed by atoms with van der Waals surface area (Å²) in [7, 11) is 1.35. The van der Waals surface area contributed by atoms with Crippen LogP contribution in [-0.2, 0) is 11.3 Å². The number of carbonyl (C=O) groups excluding carboxylic acids is 1. The van der Waals surface area contributed by atoms with Gasteiger partial charge in [-0.25, -0.2) is 4.79 Å². The van der Waals surface area contributed by atoms with Crippen molar-refractivity contribution in [3.05, 3.63) is 23.7 Å². The molecule has 1 N–H and O–H groups in total. The lowest BCUT2D eigenvalue weighted by molar-refractivity contribution is 0.0563. The molecule has 1 aromatic rings. The van der Waals surface area contributed by atoms with Crippen molar-refractivity contribution in [1.82, 2.24) is 10.2 Å². The van der Waals surface area contributed by atoms with Gasteiger partial charge in [0.1, 0.15) is 0 Å². The summed E-state index contributed by atoms with van der Waals surface area (Å²) in [6, 6.07) is 1.79. The van der Waals surface area contributed by atoms with Crippen LogP contribution in [0.2, 0.25) is 0 Å². The number of nitrogens with one attached hydrogen (secondary N) is 1. The molecule has 0 saturated carbocycles. The average molecular weight is 254 g/mol. The second kappa shape index (κ2) is 7.89. The second-order valence-electron chi connectivity index (χ2n) is 3.97. The predicted molar refractivity (Wildman–Crippen MR) is 69.5 cm³/mol. The van der Waals surface area contributed by atoms with Gasteiger partial charge in [-0.05, 0) is 19.2 Å². The number of methoxy groups -OCH3 is 1.